The van der Waals surface area contributed by atoms with E-state index in [4.69, 9.17) is 14.6 Å². The minimum atomic E-state index is -0.601. The number of aromatic nitrogens is 2. The Morgan fingerprint density at radius 2 is 1.59 bits per heavy atom. The predicted octanol–water partition coefficient (Wildman–Crippen LogP) is 5.39. The normalized spacial score (nSPS) is 14.4. The zero-order valence-electron chi connectivity index (χ0n) is 23.0. The molecule has 8 nitrogen and oxygen atoms in total. The lowest BCUT2D eigenvalue weighted by Gasteiger charge is -2.27. The van der Waals surface area contributed by atoms with Crippen molar-refractivity contribution in [3.8, 4) is 34.5 Å². The van der Waals surface area contributed by atoms with Crippen LogP contribution in [0.15, 0.2) is 102 Å². The minimum absolute atomic E-state index is 0.0557. The van der Waals surface area contributed by atoms with Gasteiger partial charge in [-0.05, 0) is 54.8 Å². The summed E-state index contributed by atoms with van der Waals surface area (Å²) in [6.07, 6.45) is 3.95. The molecule has 2 amide bonds. The van der Waals surface area contributed by atoms with Gasteiger partial charge in [0.05, 0.1) is 25.6 Å². The van der Waals surface area contributed by atoms with Gasteiger partial charge in [-0.15, -0.1) is 0 Å². The van der Waals surface area contributed by atoms with Crippen molar-refractivity contribution in [1.82, 2.24) is 14.7 Å². The Labute approximate surface area is 238 Å². The number of hydrogen-bond acceptors (Lipinski definition) is 6. The first-order valence-corrected chi connectivity index (χ1v) is 13.1. The van der Waals surface area contributed by atoms with E-state index < -0.39 is 11.8 Å². The average molecular weight is 545 g/mol. The summed E-state index contributed by atoms with van der Waals surface area (Å²) in [5, 5.41) is 14.7. The molecule has 3 aromatic carbocycles. The Balaban J connectivity index is 1.54. The Morgan fingerprint density at radius 1 is 0.902 bits per heavy atom. The van der Waals surface area contributed by atoms with Gasteiger partial charge in [-0.25, -0.2) is 4.68 Å². The summed E-state index contributed by atoms with van der Waals surface area (Å²) in [5.41, 5.74) is 4.52. The molecule has 1 aromatic heterocycles. The highest BCUT2D eigenvalue weighted by Crippen LogP contribution is 2.32. The molecule has 0 aliphatic carbocycles. The highest BCUT2D eigenvalue weighted by atomic mass is 16.5. The highest BCUT2D eigenvalue weighted by Gasteiger charge is 2.35. The molecule has 0 saturated carbocycles. The smallest absolute Gasteiger partial charge is 0.271 e. The number of carbonyl (C=O) groups is 2. The van der Waals surface area contributed by atoms with Crippen molar-refractivity contribution >= 4 is 17.9 Å². The second kappa shape index (κ2) is 11.8. The van der Waals surface area contributed by atoms with E-state index in [1.54, 1.807) is 38.0 Å². The largest absolute Gasteiger partial charge is 0.493 e. The molecular weight excluding hydrogens is 516 g/mol. The van der Waals surface area contributed by atoms with Gasteiger partial charge in [-0.1, -0.05) is 54.6 Å². The third-order valence-electron chi connectivity index (χ3n) is 7.01. The molecule has 0 unspecified atom stereocenters. The lowest BCUT2D eigenvalue weighted by Crippen LogP contribution is -2.43. The van der Waals surface area contributed by atoms with Crippen molar-refractivity contribution in [2.45, 2.75) is 13.3 Å². The van der Waals surface area contributed by atoms with Crippen molar-refractivity contribution in [2.24, 2.45) is 0 Å². The summed E-state index contributed by atoms with van der Waals surface area (Å²) in [4.78, 5) is 28.2. The van der Waals surface area contributed by atoms with Gasteiger partial charge in [0, 0.05) is 29.4 Å². The molecule has 5 rings (SSSR count). The van der Waals surface area contributed by atoms with E-state index in [0.29, 0.717) is 34.8 Å². The van der Waals surface area contributed by atoms with Crippen LogP contribution in [0.4, 0.5) is 0 Å². The van der Waals surface area contributed by atoms with Crippen molar-refractivity contribution < 1.29 is 19.1 Å². The predicted molar refractivity (Wildman–Crippen MR) is 155 cm³/mol. The number of methoxy groups -OCH3 is 2. The van der Waals surface area contributed by atoms with Gasteiger partial charge in [0.15, 0.2) is 11.5 Å². The van der Waals surface area contributed by atoms with Crippen LogP contribution in [0.3, 0.4) is 0 Å². The maximum Gasteiger partial charge on any atom is 0.271 e. The van der Waals surface area contributed by atoms with E-state index in [0.717, 1.165) is 21.7 Å². The first kappa shape index (κ1) is 27.2. The highest BCUT2D eigenvalue weighted by molar-refractivity contribution is 6.19. The number of para-hydroxylation sites is 1. The van der Waals surface area contributed by atoms with Crippen LogP contribution in [0, 0.1) is 11.3 Å². The number of imide groups is 1. The van der Waals surface area contributed by atoms with Crippen LogP contribution in [-0.2, 0) is 16.0 Å². The number of benzene rings is 3. The molecule has 8 heteroatoms. The maximum absolute atomic E-state index is 13.8. The van der Waals surface area contributed by atoms with E-state index in [1.165, 1.54) is 0 Å². The van der Waals surface area contributed by atoms with Crippen molar-refractivity contribution in [3.63, 3.8) is 0 Å². The van der Waals surface area contributed by atoms with Crippen molar-refractivity contribution in [3.05, 3.63) is 113 Å². The van der Waals surface area contributed by atoms with Crippen LogP contribution < -0.4 is 9.47 Å². The molecule has 0 fully saturated rings. The summed E-state index contributed by atoms with van der Waals surface area (Å²) in [7, 11) is 3.11. The molecule has 4 aromatic rings. The standard InChI is InChI=1S/C33H28N4O4/c1-22-27(19-25-21-37(26-12-8-5-9-13-26)35-31(25)24-10-6-4-7-11-24)32(38)36(33(39)28(22)20-34)17-16-23-14-15-29(40-2)30(18-23)41-3/h4-15,18-19,21H,16-17H2,1-3H3/b27-19+. The first-order chi connectivity index (χ1) is 19.9. The molecule has 41 heavy (non-hydrogen) atoms. The Morgan fingerprint density at radius 3 is 2.24 bits per heavy atom. The number of nitriles is 1. The summed E-state index contributed by atoms with van der Waals surface area (Å²) in [6.45, 7) is 1.73. The van der Waals surface area contributed by atoms with Crippen LogP contribution in [0.2, 0.25) is 0 Å². The summed E-state index contributed by atoms with van der Waals surface area (Å²) in [5.74, 6) is 0.0794. The Kier molecular flexibility index (Phi) is 7.79. The van der Waals surface area contributed by atoms with E-state index >= 15 is 0 Å². The SMILES string of the molecule is COc1ccc(CCN2C(=O)C(C#N)=C(C)/C(=C\c3cn(-c4ccccc4)nc3-c3ccccc3)C2=O)cc1OC. The van der Waals surface area contributed by atoms with Crippen LogP contribution in [0.5, 0.6) is 11.5 Å². The molecule has 0 N–H and O–H groups in total. The molecule has 2 heterocycles. The van der Waals surface area contributed by atoms with Crippen LogP contribution in [-0.4, -0.2) is 47.3 Å². The third-order valence-corrected chi connectivity index (χ3v) is 7.01. The van der Waals surface area contributed by atoms with Crippen LogP contribution in [0.25, 0.3) is 23.0 Å². The van der Waals surface area contributed by atoms with Gasteiger partial charge in [-0.2, -0.15) is 10.4 Å². The Bertz CT molecular complexity index is 1710. The van der Waals surface area contributed by atoms with Crippen LogP contribution in [0.1, 0.15) is 18.1 Å². The molecular formula is C33H28N4O4. The number of carbonyl (C=O) groups excluding carboxylic acids is 2. The first-order valence-electron chi connectivity index (χ1n) is 13.1. The molecule has 0 bridgehead atoms. The average Bonchev–Trinajstić information content (AvgIpc) is 3.44. The van der Waals surface area contributed by atoms with E-state index in [2.05, 4.69) is 0 Å². The lowest BCUT2D eigenvalue weighted by atomic mass is 9.93. The number of nitrogens with zero attached hydrogens (tertiary/aromatic N) is 4. The summed E-state index contributed by atoms with van der Waals surface area (Å²) in [6, 6.07) is 26.8. The lowest BCUT2D eigenvalue weighted by molar-refractivity contribution is -0.140. The van der Waals surface area contributed by atoms with Crippen molar-refractivity contribution in [2.75, 3.05) is 20.8 Å². The molecule has 0 radical (unpaired) electrons. The second-order valence-electron chi connectivity index (χ2n) is 9.45. The number of hydrogen-bond donors (Lipinski definition) is 0. The van der Waals surface area contributed by atoms with E-state index in [-0.39, 0.29) is 17.7 Å². The van der Waals surface area contributed by atoms with Crippen molar-refractivity contribution in [1.29, 1.82) is 5.26 Å². The molecule has 0 spiro atoms. The fourth-order valence-corrected chi connectivity index (χ4v) is 4.79. The zero-order valence-corrected chi connectivity index (χ0v) is 23.0. The summed E-state index contributed by atoms with van der Waals surface area (Å²) >= 11 is 0. The fourth-order valence-electron chi connectivity index (χ4n) is 4.79. The van der Waals surface area contributed by atoms with Gasteiger partial charge >= 0.3 is 0 Å². The number of amides is 2. The van der Waals surface area contributed by atoms with Gasteiger partial charge in [-0.3, -0.25) is 14.5 Å². The molecule has 204 valence electrons. The van der Waals surface area contributed by atoms with E-state index in [1.807, 2.05) is 85.1 Å². The number of ether oxygens (including phenoxy) is 2. The minimum Gasteiger partial charge on any atom is -0.493 e. The quantitative estimate of drug-likeness (QED) is 0.218. The fraction of sp³-hybridized carbons (Fsp3) is 0.152. The summed E-state index contributed by atoms with van der Waals surface area (Å²) < 4.78 is 12.4. The van der Waals surface area contributed by atoms with E-state index in [9.17, 15) is 14.9 Å². The number of rotatable bonds is 8. The van der Waals surface area contributed by atoms with Gasteiger partial charge in [0.25, 0.3) is 11.8 Å². The maximum atomic E-state index is 13.8. The molecule has 1 aliphatic rings. The molecule has 0 saturated heterocycles. The Hall–Kier alpha value is -5.42. The van der Waals surface area contributed by atoms with Gasteiger partial charge < -0.3 is 9.47 Å². The molecule has 0 atom stereocenters. The van der Waals surface area contributed by atoms with Crippen LogP contribution >= 0.6 is 0 Å². The second-order valence-corrected chi connectivity index (χ2v) is 9.45. The topological polar surface area (TPSA) is 97.5 Å². The van der Waals surface area contributed by atoms with Gasteiger partial charge in [0.1, 0.15) is 11.6 Å². The monoisotopic (exact) mass is 544 g/mol. The molecule has 1 aliphatic heterocycles. The van der Waals surface area contributed by atoms with Gasteiger partial charge in [0.2, 0.25) is 0 Å². The third kappa shape index (κ3) is 5.38. The zero-order chi connectivity index (χ0) is 28.9.